The van der Waals surface area contributed by atoms with Crippen molar-refractivity contribution in [1.82, 2.24) is 19.8 Å². The van der Waals surface area contributed by atoms with Crippen molar-refractivity contribution in [1.29, 1.82) is 0 Å². The molecule has 0 aliphatic carbocycles. The van der Waals surface area contributed by atoms with Crippen LogP contribution in [-0.4, -0.2) is 52.8 Å². The highest BCUT2D eigenvalue weighted by Gasteiger charge is 2.21. The summed E-state index contributed by atoms with van der Waals surface area (Å²) >= 11 is 0. The molecule has 1 fully saturated rings. The van der Waals surface area contributed by atoms with E-state index >= 15 is 0 Å². The van der Waals surface area contributed by atoms with Gasteiger partial charge < -0.3 is 14.6 Å². The summed E-state index contributed by atoms with van der Waals surface area (Å²) in [6, 6.07) is 8.30. The highest BCUT2D eigenvalue weighted by Crippen LogP contribution is 2.14. The molecule has 1 N–H and O–H groups in total. The van der Waals surface area contributed by atoms with E-state index in [2.05, 4.69) is 53.9 Å². The zero-order valence-corrected chi connectivity index (χ0v) is 15.2. The van der Waals surface area contributed by atoms with Gasteiger partial charge in [0.15, 0.2) is 0 Å². The van der Waals surface area contributed by atoms with Gasteiger partial charge in [-0.2, -0.15) is 0 Å². The molecule has 132 valence electrons. The lowest BCUT2D eigenvalue weighted by Gasteiger charge is -2.35. The highest BCUT2D eigenvalue weighted by atomic mass is 16.5. The monoisotopic (exact) mass is 330 g/mol. The van der Waals surface area contributed by atoms with Crippen LogP contribution in [-0.2, 0) is 18.3 Å². The Balaban J connectivity index is 1.36. The minimum absolute atomic E-state index is 0.365. The van der Waals surface area contributed by atoms with Gasteiger partial charge in [0.25, 0.3) is 0 Å². The zero-order chi connectivity index (χ0) is 16.9. The van der Waals surface area contributed by atoms with Gasteiger partial charge >= 0.3 is 0 Å². The van der Waals surface area contributed by atoms with Crippen molar-refractivity contribution in [2.75, 3.05) is 26.2 Å². The quantitative estimate of drug-likeness (QED) is 0.792. The number of unbranched alkanes of at least 4 members (excludes halogenated alkanes) is 1. The van der Waals surface area contributed by atoms with Crippen LogP contribution >= 0.6 is 0 Å². The second-order valence-electron chi connectivity index (χ2n) is 6.98. The average molecular weight is 330 g/mol. The third kappa shape index (κ3) is 4.35. The van der Waals surface area contributed by atoms with Crippen molar-refractivity contribution in [2.24, 2.45) is 7.05 Å². The number of aromatic nitrogens is 2. The Hall–Kier alpha value is -1.43. The molecule has 0 spiro atoms. The lowest BCUT2D eigenvalue weighted by Crippen LogP contribution is -2.45. The lowest BCUT2D eigenvalue weighted by molar-refractivity contribution is -0.0681. The minimum atomic E-state index is 0.365. The third-order valence-corrected chi connectivity index (χ3v) is 4.74. The van der Waals surface area contributed by atoms with E-state index in [0.29, 0.717) is 12.2 Å². The Labute approximate surface area is 145 Å². The average Bonchev–Trinajstić information content (AvgIpc) is 2.86. The predicted octanol–water partition coefficient (Wildman–Crippen LogP) is 2.55. The van der Waals surface area contributed by atoms with E-state index in [-0.39, 0.29) is 0 Å². The van der Waals surface area contributed by atoms with Crippen LogP contribution in [0.5, 0.6) is 0 Å². The van der Waals surface area contributed by atoms with E-state index in [4.69, 9.17) is 9.72 Å². The topological polar surface area (TPSA) is 42.3 Å². The van der Waals surface area contributed by atoms with Crippen LogP contribution in [0.3, 0.4) is 0 Å². The Morgan fingerprint density at radius 3 is 2.67 bits per heavy atom. The number of imidazole rings is 1. The molecule has 0 bridgehead atoms. The van der Waals surface area contributed by atoms with Crippen molar-refractivity contribution < 1.29 is 4.74 Å². The number of fused-ring (bicyclic) bond motifs is 1. The minimum Gasteiger partial charge on any atom is -0.373 e. The van der Waals surface area contributed by atoms with Crippen molar-refractivity contribution in [2.45, 2.75) is 45.4 Å². The number of hydrogen-bond donors (Lipinski definition) is 1. The molecular weight excluding hydrogens is 300 g/mol. The van der Waals surface area contributed by atoms with Crippen LogP contribution in [0.4, 0.5) is 0 Å². The largest absolute Gasteiger partial charge is 0.373 e. The lowest BCUT2D eigenvalue weighted by atomic mass is 10.2. The van der Waals surface area contributed by atoms with Gasteiger partial charge in [-0.05, 0) is 51.9 Å². The van der Waals surface area contributed by atoms with E-state index in [1.165, 1.54) is 24.9 Å². The molecule has 2 atom stereocenters. The summed E-state index contributed by atoms with van der Waals surface area (Å²) in [5.74, 6) is 1.10. The fraction of sp³-hybridized carbons (Fsp3) is 0.632. The Kier molecular flexibility index (Phi) is 5.87. The first-order valence-corrected chi connectivity index (χ1v) is 9.12. The summed E-state index contributed by atoms with van der Waals surface area (Å²) in [4.78, 5) is 7.23. The van der Waals surface area contributed by atoms with Crippen molar-refractivity contribution in [3.63, 3.8) is 0 Å². The van der Waals surface area contributed by atoms with Crippen molar-refractivity contribution >= 4 is 11.0 Å². The molecule has 2 heterocycles. The molecule has 5 heteroatoms. The molecule has 1 aliphatic rings. The molecule has 3 rings (SSSR count). The smallest absolute Gasteiger partial charge is 0.123 e. The highest BCUT2D eigenvalue weighted by molar-refractivity contribution is 5.75. The molecule has 1 aromatic carbocycles. The van der Waals surface area contributed by atoms with Crippen molar-refractivity contribution in [3.8, 4) is 0 Å². The standard InChI is InChI=1S/C19H30N4O/c1-15-13-23(14-16(2)24-15)11-7-6-10-20-12-19-21-17-8-4-5-9-18(17)22(19)3/h4-5,8-9,15-16,20H,6-7,10-14H2,1-3H3/t15-,16-/m0/s1. The van der Waals surface area contributed by atoms with Gasteiger partial charge in [0, 0.05) is 20.1 Å². The fourth-order valence-corrected chi connectivity index (χ4v) is 3.61. The predicted molar refractivity (Wildman–Crippen MR) is 98.1 cm³/mol. The van der Waals surface area contributed by atoms with Gasteiger partial charge in [-0.25, -0.2) is 4.98 Å². The van der Waals surface area contributed by atoms with Gasteiger partial charge in [-0.15, -0.1) is 0 Å². The molecule has 1 aliphatic heterocycles. The van der Waals surface area contributed by atoms with Crippen molar-refractivity contribution in [3.05, 3.63) is 30.1 Å². The molecular formula is C19H30N4O. The first-order valence-electron chi connectivity index (χ1n) is 9.12. The van der Waals surface area contributed by atoms with Gasteiger partial charge in [-0.3, -0.25) is 4.90 Å². The molecule has 2 aromatic rings. The molecule has 0 saturated carbocycles. The molecule has 5 nitrogen and oxygen atoms in total. The molecule has 0 unspecified atom stereocenters. The van der Waals surface area contributed by atoms with Gasteiger partial charge in [-0.1, -0.05) is 12.1 Å². The summed E-state index contributed by atoms with van der Waals surface area (Å²) in [5, 5.41) is 3.53. The summed E-state index contributed by atoms with van der Waals surface area (Å²) in [6.07, 6.45) is 3.16. The molecule has 0 radical (unpaired) electrons. The first-order chi connectivity index (χ1) is 11.6. The van der Waals surface area contributed by atoms with Gasteiger partial charge in [0.2, 0.25) is 0 Å². The number of nitrogens with one attached hydrogen (secondary N) is 1. The van der Waals surface area contributed by atoms with E-state index in [9.17, 15) is 0 Å². The normalized spacial score (nSPS) is 22.3. The van der Waals surface area contributed by atoms with E-state index in [0.717, 1.165) is 37.5 Å². The van der Waals surface area contributed by atoms with Gasteiger partial charge in [0.05, 0.1) is 29.8 Å². The number of hydrogen-bond acceptors (Lipinski definition) is 4. The van der Waals surface area contributed by atoms with E-state index < -0.39 is 0 Å². The molecule has 1 aromatic heterocycles. The second kappa shape index (κ2) is 8.10. The fourth-order valence-electron chi connectivity index (χ4n) is 3.61. The number of nitrogens with zero attached hydrogens (tertiary/aromatic N) is 3. The molecule has 24 heavy (non-hydrogen) atoms. The maximum atomic E-state index is 5.78. The number of benzene rings is 1. The van der Waals surface area contributed by atoms with Crippen LogP contribution in [0.1, 0.15) is 32.5 Å². The number of morpholine rings is 1. The SMILES string of the molecule is C[C@H]1CN(CCCCNCc2nc3ccccc3n2C)C[C@H](C)O1. The summed E-state index contributed by atoms with van der Waals surface area (Å²) in [6.45, 7) is 9.51. The Morgan fingerprint density at radius 2 is 1.92 bits per heavy atom. The summed E-state index contributed by atoms with van der Waals surface area (Å²) in [7, 11) is 2.09. The molecule has 0 amide bonds. The van der Waals surface area contributed by atoms with Crippen LogP contribution in [0, 0.1) is 0 Å². The van der Waals surface area contributed by atoms with Crippen LogP contribution in [0.2, 0.25) is 0 Å². The van der Waals surface area contributed by atoms with Crippen LogP contribution < -0.4 is 5.32 Å². The number of ether oxygens (including phenoxy) is 1. The molecule has 1 saturated heterocycles. The van der Waals surface area contributed by atoms with E-state index in [1.807, 2.05) is 6.07 Å². The first kappa shape index (κ1) is 17.4. The number of para-hydroxylation sites is 2. The summed E-state index contributed by atoms with van der Waals surface area (Å²) in [5.41, 5.74) is 2.28. The zero-order valence-electron chi connectivity index (χ0n) is 15.2. The Morgan fingerprint density at radius 1 is 1.17 bits per heavy atom. The number of rotatable bonds is 7. The van der Waals surface area contributed by atoms with Crippen LogP contribution in [0.15, 0.2) is 24.3 Å². The maximum absolute atomic E-state index is 5.78. The summed E-state index contributed by atoms with van der Waals surface area (Å²) < 4.78 is 7.96. The van der Waals surface area contributed by atoms with Crippen LogP contribution in [0.25, 0.3) is 11.0 Å². The van der Waals surface area contributed by atoms with E-state index in [1.54, 1.807) is 0 Å². The Bertz CT molecular complexity index is 644. The third-order valence-electron chi connectivity index (χ3n) is 4.74. The number of aryl methyl sites for hydroxylation is 1. The van der Waals surface area contributed by atoms with Gasteiger partial charge in [0.1, 0.15) is 5.82 Å². The second-order valence-corrected chi connectivity index (χ2v) is 6.98. The maximum Gasteiger partial charge on any atom is 0.123 e.